The Hall–Kier alpha value is -1.34. The van der Waals surface area contributed by atoms with Crippen molar-refractivity contribution in [3.63, 3.8) is 0 Å². The van der Waals surface area contributed by atoms with E-state index in [4.69, 9.17) is 5.11 Å². The maximum absolute atomic E-state index is 11.4. The lowest BCUT2D eigenvalue weighted by Gasteiger charge is -2.38. The SMILES string of the molecule is CN1CCC(C)(Cn2ccc(=O)nc2SCC(=O)O)CC1. The second-order valence-corrected chi connectivity index (χ2v) is 6.92. The van der Waals surface area contributed by atoms with Gasteiger partial charge >= 0.3 is 5.97 Å². The highest BCUT2D eigenvalue weighted by atomic mass is 32.2. The number of rotatable bonds is 5. The maximum Gasteiger partial charge on any atom is 0.313 e. The Labute approximate surface area is 128 Å². The number of aromatic nitrogens is 2. The Bertz CT molecular complexity index is 565. The van der Waals surface area contributed by atoms with E-state index in [1.165, 1.54) is 6.07 Å². The van der Waals surface area contributed by atoms with Gasteiger partial charge in [0.05, 0.1) is 5.75 Å². The summed E-state index contributed by atoms with van der Waals surface area (Å²) in [4.78, 5) is 28.4. The average Bonchev–Trinajstić information content (AvgIpc) is 2.43. The number of carbonyl (C=O) groups is 1. The fourth-order valence-corrected chi connectivity index (χ4v) is 3.20. The van der Waals surface area contributed by atoms with Crippen LogP contribution >= 0.6 is 11.8 Å². The number of nitrogens with zero attached hydrogens (tertiary/aromatic N) is 3. The molecule has 0 radical (unpaired) electrons. The second-order valence-electron chi connectivity index (χ2n) is 5.97. The van der Waals surface area contributed by atoms with Crippen LogP contribution in [0.15, 0.2) is 22.2 Å². The van der Waals surface area contributed by atoms with E-state index in [0.717, 1.165) is 44.2 Å². The van der Waals surface area contributed by atoms with Crippen LogP contribution in [0.2, 0.25) is 0 Å². The van der Waals surface area contributed by atoms with Crippen molar-refractivity contribution in [2.24, 2.45) is 5.41 Å². The predicted octanol–water partition coefficient (Wildman–Crippen LogP) is 1.15. The van der Waals surface area contributed by atoms with E-state index in [1.807, 2.05) is 4.57 Å². The number of hydrogen-bond donors (Lipinski definition) is 1. The van der Waals surface area contributed by atoms with Gasteiger partial charge in [-0.05, 0) is 38.4 Å². The molecule has 1 saturated heterocycles. The Kier molecular flexibility index (Phi) is 5.05. The molecule has 1 fully saturated rings. The molecular weight excluding hydrogens is 290 g/mol. The molecule has 0 spiro atoms. The van der Waals surface area contributed by atoms with Crippen molar-refractivity contribution in [1.82, 2.24) is 14.5 Å². The van der Waals surface area contributed by atoms with E-state index in [-0.39, 0.29) is 16.7 Å². The molecule has 0 amide bonds. The molecule has 1 aliphatic heterocycles. The first kappa shape index (κ1) is 16.0. The highest BCUT2D eigenvalue weighted by Crippen LogP contribution is 2.33. The zero-order valence-corrected chi connectivity index (χ0v) is 13.2. The van der Waals surface area contributed by atoms with Crippen LogP contribution in [0.4, 0.5) is 0 Å². The number of piperidine rings is 1. The van der Waals surface area contributed by atoms with Crippen LogP contribution in [-0.2, 0) is 11.3 Å². The first-order chi connectivity index (χ1) is 9.88. The summed E-state index contributed by atoms with van der Waals surface area (Å²) in [5.41, 5.74) is -0.172. The number of hydrogen-bond acceptors (Lipinski definition) is 5. The third-order valence-corrected chi connectivity index (χ3v) is 4.89. The summed E-state index contributed by atoms with van der Waals surface area (Å²) in [6, 6.07) is 1.43. The van der Waals surface area contributed by atoms with Gasteiger partial charge in [-0.25, -0.2) is 0 Å². The highest BCUT2D eigenvalue weighted by Gasteiger charge is 2.29. The first-order valence-electron chi connectivity index (χ1n) is 6.99. The second kappa shape index (κ2) is 6.62. The van der Waals surface area contributed by atoms with Crippen LogP contribution in [0.3, 0.4) is 0 Å². The van der Waals surface area contributed by atoms with E-state index in [0.29, 0.717) is 5.16 Å². The molecule has 0 saturated carbocycles. The van der Waals surface area contributed by atoms with Crippen molar-refractivity contribution >= 4 is 17.7 Å². The Balaban J connectivity index is 2.15. The minimum Gasteiger partial charge on any atom is -0.481 e. The van der Waals surface area contributed by atoms with Crippen molar-refractivity contribution in [1.29, 1.82) is 0 Å². The number of carboxylic acids is 1. The van der Waals surface area contributed by atoms with Gasteiger partial charge in [-0.1, -0.05) is 18.7 Å². The molecule has 116 valence electrons. The van der Waals surface area contributed by atoms with Crippen LogP contribution in [0, 0.1) is 5.41 Å². The molecule has 0 aliphatic carbocycles. The topological polar surface area (TPSA) is 75.4 Å². The van der Waals surface area contributed by atoms with Gasteiger partial charge in [-0.2, -0.15) is 4.98 Å². The average molecular weight is 311 g/mol. The standard InChI is InChI=1S/C14H21N3O3S/c1-14(4-7-16(2)8-5-14)10-17-6-3-11(18)15-13(17)21-9-12(19)20/h3,6H,4-5,7-10H2,1-2H3,(H,19,20). The fraction of sp³-hybridized carbons (Fsp3) is 0.643. The molecule has 1 aliphatic rings. The Morgan fingerprint density at radius 2 is 2.14 bits per heavy atom. The van der Waals surface area contributed by atoms with Gasteiger partial charge < -0.3 is 14.6 Å². The first-order valence-corrected chi connectivity index (χ1v) is 7.97. The fourth-order valence-electron chi connectivity index (χ4n) is 2.50. The van der Waals surface area contributed by atoms with E-state index in [9.17, 15) is 9.59 Å². The summed E-state index contributed by atoms with van der Waals surface area (Å²) in [7, 11) is 2.12. The van der Waals surface area contributed by atoms with Crippen LogP contribution in [-0.4, -0.2) is 51.4 Å². The zero-order chi connectivity index (χ0) is 15.5. The van der Waals surface area contributed by atoms with E-state index in [2.05, 4.69) is 23.9 Å². The number of aliphatic carboxylic acids is 1. The highest BCUT2D eigenvalue weighted by molar-refractivity contribution is 7.99. The maximum atomic E-state index is 11.4. The summed E-state index contributed by atoms with van der Waals surface area (Å²) in [6.07, 6.45) is 3.89. The monoisotopic (exact) mass is 311 g/mol. The largest absolute Gasteiger partial charge is 0.481 e. The van der Waals surface area contributed by atoms with E-state index < -0.39 is 5.97 Å². The van der Waals surface area contributed by atoms with Crippen LogP contribution in [0.1, 0.15) is 19.8 Å². The van der Waals surface area contributed by atoms with Crippen LogP contribution in [0.25, 0.3) is 0 Å². The zero-order valence-electron chi connectivity index (χ0n) is 12.4. The quantitative estimate of drug-likeness (QED) is 0.649. The van der Waals surface area contributed by atoms with Gasteiger partial charge in [0.15, 0.2) is 5.16 Å². The number of carboxylic acid groups (broad SMARTS) is 1. The molecule has 2 rings (SSSR count). The van der Waals surface area contributed by atoms with Gasteiger partial charge in [-0.3, -0.25) is 9.59 Å². The normalized spacial score (nSPS) is 18.6. The summed E-state index contributed by atoms with van der Waals surface area (Å²) < 4.78 is 1.92. The molecule has 1 N–H and O–H groups in total. The molecule has 0 aromatic carbocycles. The van der Waals surface area contributed by atoms with Gasteiger partial charge in [0.1, 0.15) is 0 Å². The summed E-state index contributed by atoms with van der Waals surface area (Å²) in [5.74, 6) is -0.995. The minimum absolute atomic E-state index is 0.0874. The van der Waals surface area contributed by atoms with E-state index in [1.54, 1.807) is 6.20 Å². The third-order valence-electron chi connectivity index (χ3n) is 3.92. The third kappa shape index (κ3) is 4.57. The van der Waals surface area contributed by atoms with Crippen molar-refractivity contribution < 1.29 is 9.90 Å². The molecule has 2 heterocycles. The molecule has 0 atom stereocenters. The van der Waals surface area contributed by atoms with Crippen molar-refractivity contribution in [3.05, 3.63) is 22.6 Å². The molecule has 7 heteroatoms. The molecular formula is C14H21N3O3S. The van der Waals surface area contributed by atoms with Crippen LogP contribution < -0.4 is 5.56 Å². The van der Waals surface area contributed by atoms with Crippen molar-refractivity contribution in [3.8, 4) is 0 Å². The summed E-state index contributed by atoms with van der Waals surface area (Å²) in [6.45, 7) is 5.11. The Morgan fingerprint density at radius 3 is 2.76 bits per heavy atom. The summed E-state index contributed by atoms with van der Waals surface area (Å²) >= 11 is 1.10. The molecule has 1 aromatic heterocycles. The minimum atomic E-state index is -0.907. The van der Waals surface area contributed by atoms with Crippen molar-refractivity contribution in [2.75, 3.05) is 25.9 Å². The summed E-state index contributed by atoms with van der Waals surface area (Å²) in [5, 5.41) is 9.29. The lowest BCUT2D eigenvalue weighted by atomic mass is 9.80. The Morgan fingerprint density at radius 1 is 1.48 bits per heavy atom. The molecule has 21 heavy (non-hydrogen) atoms. The van der Waals surface area contributed by atoms with Crippen LogP contribution in [0.5, 0.6) is 0 Å². The molecule has 0 bridgehead atoms. The molecule has 0 unspecified atom stereocenters. The van der Waals surface area contributed by atoms with E-state index >= 15 is 0 Å². The smallest absolute Gasteiger partial charge is 0.313 e. The van der Waals surface area contributed by atoms with Gasteiger partial charge in [0.2, 0.25) is 0 Å². The van der Waals surface area contributed by atoms with Crippen molar-refractivity contribution in [2.45, 2.75) is 31.5 Å². The van der Waals surface area contributed by atoms with Gasteiger partial charge in [-0.15, -0.1) is 0 Å². The van der Waals surface area contributed by atoms with Gasteiger partial charge in [0.25, 0.3) is 5.56 Å². The number of thioether (sulfide) groups is 1. The lowest BCUT2D eigenvalue weighted by Crippen LogP contribution is -2.39. The predicted molar refractivity (Wildman–Crippen MR) is 81.7 cm³/mol. The molecule has 6 nitrogen and oxygen atoms in total. The lowest BCUT2D eigenvalue weighted by molar-refractivity contribution is -0.133. The molecule has 1 aromatic rings. The number of likely N-dealkylation sites (tertiary alicyclic amines) is 1. The van der Waals surface area contributed by atoms with Gasteiger partial charge in [0, 0.05) is 18.8 Å².